The fraction of sp³-hybridized carbons (Fsp3) is 0.133. The van der Waals surface area contributed by atoms with E-state index in [1.165, 1.54) is 14.2 Å². The molecule has 0 radical (unpaired) electrons. The fourth-order valence-corrected chi connectivity index (χ4v) is 4.29. The van der Waals surface area contributed by atoms with Gasteiger partial charge in [-0.15, -0.1) is 0 Å². The van der Waals surface area contributed by atoms with E-state index >= 15 is 0 Å². The Labute approximate surface area is 242 Å². The van der Waals surface area contributed by atoms with Crippen molar-refractivity contribution in [2.24, 2.45) is 0 Å². The second kappa shape index (κ2) is 14.2. The van der Waals surface area contributed by atoms with E-state index in [2.05, 4.69) is 0 Å². The third-order valence-electron chi connectivity index (χ3n) is 5.69. The van der Waals surface area contributed by atoms with Crippen LogP contribution in [0.5, 0.6) is 0 Å². The molecule has 0 spiro atoms. The number of carbonyl (C=O) groups is 2. The lowest BCUT2D eigenvalue weighted by molar-refractivity contribution is -0.142. The first-order chi connectivity index (χ1) is 18.2. The first-order valence-corrected chi connectivity index (χ1v) is 12.9. The predicted octanol–water partition coefficient (Wildman–Crippen LogP) is 8.60. The summed E-state index contributed by atoms with van der Waals surface area (Å²) in [5.74, 6) is -1.58. The smallest absolute Gasteiger partial charge is 0.317 e. The Kier molecular flexibility index (Phi) is 11.1. The van der Waals surface area contributed by atoms with Crippen molar-refractivity contribution >= 4 is 58.3 Å². The van der Waals surface area contributed by atoms with E-state index in [-0.39, 0.29) is 11.9 Å². The van der Waals surface area contributed by atoms with Crippen molar-refractivity contribution in [2.75, 3.05) is 14.2 Å². The Morgan fingerprint density at radius 2 is 0.632 bits per heavy atom. The largest absolute Gasteiger partial charge is 0.468 e. The van der Waals surface area contributed by atoms with Gasteiger partial charge in [0.15, 0.2) is 0 Å². The maximum absolute atomic E-state index is 12.0. The molecule has 0 fully saturated rings. The van der Waals surface area contributed by atoms with Crippen molar-refractivity contribution in [3.8, 4) is 0 Å². The first-order valence-electron chi connectivity index (χ1n) is 11.4. The highest BCUT2D eigenvalue weighted by atomic mass is 35.5. The van der Waals surface area contributed by atoms with Crippen molar-refractivity contribution in [2.45, 2.75) is 11.8 Å². The van der Waals surface area contributed by atoms with Crippen molar-refractivity contribution in [1.29, 1.82) is 0 Å². The molecule has 0 atom stereocenters. The molecule has 0 unspecified atom stereocenters. The van der Waals surface area contributed by atoms with Crippen molar-refractivity contribution < 1.29 is 19.1 Å². The van der Waals surface area contributed by atoms with Crippen LogP contribution in [-0.4, -0.2) is 26.2 Å². The fourth-order valence-electron chi connectivity index (χ4n) is 3.79. The molecule has 38 heavy (non-hydrogen) atoms. The van der Waals surface area contributed by atoms with Crippen LogP contribution in [0.15, 0.2) is 97.1 Å². The van der Waals surface area contributed by atoms with E-state index in [0.29, 0.717) is 20.1 Å². The van der Waals surface area contributed by atoms with Crippen LogP contribution in [0.3, 0.4) is 0 Å². The van der Waals surface area contributed by atoms with Gasteiger partial charge in [0.05, 0.1) is 14.2 Å². The minimum Gasteiger partial charge on any atom is -0.468 e. The standard InChI is InChI=1S/2C15H12Cl2O2/c2*1-19-15(18)14(10-2-6-12(16)7-3-10)11-4-8-13(17)9-5-11/h2*2-9,14H,1H3. The van der Waals surface area contributed by atoms with Gasteiger partial charge in [-0.1, -0.05) is 94.9 Å². The Morgan fingerprint density at radius 1 is 0.447 bits per heavy atom. The lowest BCUT2D eigenvalue weighted by Gasteiger charge is -2.15. The molecule has 0 N–H and O–H groups in total. The molecule has 4 aromatic carbocycles. The number of halogens is 4. The van der Waals surface area contributed by atoms with E-state index in [0.717, 1.165) is 22.3 Å². The van der Waals surface area contributed by atoms with Gasteiger partial charge in [0.1, 0.15) is 11.8 Å². The zero-order valence-electron chi connectivity index (χ0n) is 20.5. The van der Waals surface area contributed by atoms with Gasteiger partial charge >= 0.3 is 11.9 Å². The van der Waals surface area contributed by atoms with Crippen LogP contribution in [0.25, 0.3) is 0 Å². The lowest BCUT2D eigenvalue weighted by atomic mass is 9.91. The van der Waals surface area contributed by atoms with Gasteiger partial charge in [-0.3, -0.25) is 9.59 Å². The molecule has 0 aliphatic carbocycles. The molecule has 0 aromatic heterocycles. The van der Waals surface area contributed by atoms with Crippen molar-refractivity contribution in [1.82, 2.24) is 0 Å². The second-order valence-electron chi connectivity index (χ2n) is 8.12. The van der Waals surface area contributed by atoms with Crippen LogP contribution in [-0.2, 0) is 19.1 Å². The van der Waals surface area contributed by atoms with Gasteiger partial charge < -0.3 is 9.47 Å². The number of benzene rings is 4. The van der Waals surface area contributed by atoms with E-state index in [1.54, 1.807) is 48.5 Å². The molecule has 0 heterocycles. The van der Waals surface area contributed by atoms with E-state index < -0.39 is 11.8 Å². The van der Waals surface area contributed by atoms with Crippen LogP contribution in [0.4, 0.5) is 0 Å². The summed E-state index contributed by atoms with van der Waals surface area (Å²) in [6.07, 6.45) is 0. The Hall–Kier alpha value is -3.02. The predicted molar refractivity (Wildman–Crippen MR) is 154 cm³/mol. The highest BCUT2D eigenvalue weighted by Gasteiger charge is 2.24. The molecular formula is C30H24Cl4O4. The molecule has 0 saturated carbocycles. The number of methoxy groups -OCH3 is 2. The molecule has 0 aliphatic rings. The second-order valence-corrected chi connectivity index (χ2v) is 9.86. The van der Waals surface area contributed by atoms with Crippen LogP contribution >= 0.6 is 46.4 Å². The van der Waals surface area contributed by atoms with Gasteiger partial charge in [-0.25, -0.2) is 0 Å². The number of hydrogen-bond donors (Lipinski definition) is 0. The molecule has 0 bridgehead atoms. The maximum Gasteiger partial charge on any atom is 0.317 e. The monoisotopic (exact) mass is 588 g/mol. The molecule has 4 rings (SSSR count). The molecule has 4 nitrogen and oxygen atoms in total. The highest BCUT2D eigenvalue weighted by molar-refractivity contribution is 6.31. The van der Waals surface area contributed by atoms with E-state index in [1.807, 2.05) is 48.5 Å². The quantitative estimate of drug-likeness (QED) is 0.211. The molecule has 196 valence electrons. The molecule has 8 heteroatoms. The number of esters is 2. The molecule has 0 saturated heterocycles. The first kappa shape index (κ1) is 29.5. The zero-order chi connectivity index (χ0) is 27.7. The third kappa shape index (κ3) is 7.99. The molecule has 0 aliphatic heterocycles. The molecular weight excluding hydrogens is 566 g/mol. The topological polar surface area (TPSA) is 52.6 Å². The summed E-state index contributed by atoms with van der Waals surface area (Å²) in [7, 11) is 2.75. The molecule has 0 amide bonds. The number of ether oxygens (including phenoxy) is 2. The van der Waals surface area contributed by atoms with Gasteiger partial charge in [0.2, 0.25) is 0 Å². The van der Waals surface area contributed by atoms with Gasteiger partial charge in [0.25, 0.3) is 0 Å². The zero-order valence-corrected chi connectivity index (χ0v) is 23.6. The van der Waals surface area contributed by atoms with Crippen LogP contribution in [0, 0.1) is 0 Å². The number of carbonyl (C=O) groups excluding carboxylic acids is 2. The summed E-state index contributed by atoms with van der Waals surface area (Å²) in [4.78, 5) is 24.0. The van der Waals surface area contributed by atoms with Crippen molar-refractivity contribution in [3.05, 3.63) is 139 Å². The summed E-state index contributed by atoms with van der Waals surface area (Å²) in [6, 6.07) is 28.6. The van der Waals surface area contributed by atoms with E-state index in [4.69, 9.17) is 55.9 Å². The average molecular weight is 590 g/mol. The third-order valence-corrected chi connectivity index (χ3v) is 6.70. The van der Waals surface area contributed by atoms with Crippen LogP contribution in [0.2, 0.25) is 20.1 Å². The highest BCUT2D eigenvalue weighted by Crippen LogP contribution is 2.29. The van der Waals surface area contributed by atoms with Crippen molar-refractivity contribution in [3.63, 3.8) is 0 Å². The van der Waals surface area contributed by atoms with E-state index in [9.17, 15) is 9.59 Å². The number of hydrogen-bond acceptors (Lipinski definition) is 4. The normalized spacial score (nSPS) is 10.5. The van der Waals surface area contributed by atoms with Crippen LogP contribution < -0.4 is 0 Å². The summed E-state index contributed by atoms with van der Waals surface area (Å²) in [5, 5.41) is 2.51. The summed E-state index contributed by atoms with van der Waals surface area (Å²) in [5.41, 5.74) is 3.33. The number of rotatable bonds is 6. The summed E-state index contributed by atoms with van der Waals surface area (Å²) >= 11 is 23.5. The Morgan fingerprint density at radius 3 is 0.789 bits per heavy atom. The van der Waals surface area contributed by atoms with Gasteiger partial charge in [-0.2, -0.15) is 0 Å². The van der Waals surface area contributed by atoms with Gasteiger partial charge in [-0.05, 0) is 70.8 Å². The Bertz CT molecular complexity index is 1140. The maximum atomic E-state index is 12.0. The molecule has 4 aromatic rings. The average Bonchev–Trinajstić information content (AvgIpc) is 2.93. The SMILES string of the molecule is COC(=O)C(c1ccc(Cl)cc1)c1ccc(Cl)cc1.COC(=O)C(c1ccc(Cl)cc1)c1ccc(Cl)cc1. The summed E-state index contributed by atoms with van der Waals surface area (Å²) < 4.78 is 9.75. The summed E-state index contributed by atoms with van der Waals surface area (Å²) in [6.45, 7) is 0. The lowest BCUT2D eigenvalue weighted by Crippen LogP contribution is -2.15. The van der Waals surface area contributed by atoms with Gasteiger partial charge in [0, 0.05) is 20.1 Å². The minimum absolute atomic E-state index is 0.315. The minimum atomic E-state index is -0.473. The Balaban J connectivity index is 0.000000211. The van der Waals surface area contributed by atoms with Crippen LogP contribution in [0.1, 0.15) is 34.1 Å².